The van der Waals surface area contributed by atoms with Gasteiger partial charge in [-0.2, -0.15) is 23.5 Å². The van der Waals surface area contributed by atoms with Gasteiger partial charge >= 0.3 is 0 Å². The molecule has 0 saturated heterocycles. The first kappa shape index (κ1) is 16.7. The molecule has 1 aliphatic carbocycles. The number of hydrogen-bond acceptors (Lipinski definition) is 3. The molecule has 26 heavy (non-hydrogen) atoms. The van der Waals surface area contributed by atoms with Crippen LogP contribution in [0.3, 0.4) is 0 Å². The number of fused-ring (bicyclic) bond motifs is 4. The van der Waals surface area contributed by atoms with Crippen molar-refractivity contribution >= 4 is 34.3 Å². The molecule has 0 saturated carbocycles. The first-order chi connectivity index (χ1) is 12.9. The minimum atomic E-state index is 1.00. The van der Waals surface area contributed by atoms with E-state index in [1.54, 1.807) is 22.3 Å². The van der Waals surface area contributed by atoms with Crippen molar-refractivity contribution in [2.24, 2.45) is 0 Å². The van der Waals surface area contributed by atoms with Crippen LogP contribution in [0.15, 0.2) is 42.5 Å². The summed E-state index contributed by atoms with van der Waals surface area (Å²) < 4.78 is 0. The van der Waals surface area contributed by atoms with Gasteiger partial charge < -0.3 is 0 Å². The lowest BCUT2D eigenvalue weighted by atomic mass is 9.82. The highest BCUT2D eigenvalue weighted by Crippen LogP contribution is 2.39. The lowest BCUT2D eigenvalue weighted by Gasteiger charge is -2.25. The van der Waals surface area contributed by atoms with E-state index < -0.39 is 0 Å². The van der Waals surface area contributed by atoms with Gasteiger partial charge in [0.2, 0.25) is 0 Å². The van der Waals surface area contributed by atoms with E-state index in [4.69, 9.17) is 4.98 Å². The molecular formula is C23H23NS2. The SMILES string of the molecule is c1cc2nc(c1)CSCc1c3c(c(c4ccccc14)CSC2)CCCC3. The highest BCUT2D eigenvalue weighted by molar-refractivity contribution is 7.98. The van der Waals surface area contributed by atoms with Crippen LogP contribution in [0.4, 0.5) is 0 Å². The van der Waals surface area contributed by atoms with Crippen molar-refractivity contribution in [1.29, 1.82) is 0 Å². The van der Waals surface area contributed by atoms with Crippen molar-refractivity contribution in [3.63, 3.8) is 0 Å². The monoisotopic (exact) mass is 377 g/mol. The minimum Gasteiger partial charge on any atom is -0.256 e. The van der Waals surface area contributed by atoms with Crippen molar-refractivity contribution in [3.05, 3.63) is 76.1 Å². The van der Waals surface area contributed by atoms with Crippen LogP contribution in [0.2, 0.25) is 0 Å². The molecule has 6 rings (SSSR count). The van der Waals surface area contributed by atoms with Gasteiger partial charge in [-0.3, -0.25) is 4.98 Å². The van der Waals surface area contributed by atoms with Gasteiger partial charge in [0.15, 0.2) is 0 Å². The lowest BCUT2D eigenvalue weighted by Crippen LogP contribution is -2.10. The summed E-state index contributed by atoms with van der Waals surface area (Å²) >= 11 is 4.05. The van der Waals surface area contributed by atoms with Crippen molar-refractivity contribution < 1.29 is 0 Å². The molecule has 1 aromatic heterocycles. The summed E-state index contributed by atoms with van der Waals surface area (Å²) in [6, 6.07) is 15.7. The van der Waals surface area contributed by atoms with Gasteiger partial charge in [-0.25, -0.2) is 0 Å². The van der Waals surface area contributed by atoms with Crippen LogP contribution in [0, 0.1) is 0 Å². The van der Waals surface area contributed by atoms with Crippen LogP contribution in [0.1, 0.15) is 46.5 Å². The predicted molar refractivity (Wildman–Crippen MR) is 115 cm³/mol. The molecular weight excluding hydrogens is 354 g/mol. The number of thioether (sulfide) groups is 2. The molecule has 132 valence electrons. The Kier molecular flexibility index (Phi) is 4.68. The summed E-state index contributed by atoms with van der Waals surface area (Å²) in [5.74, 6) is 4.21. The Morgan fingerprint density at radius 1 is 0.577 bits per heavy atom. The van der Waals surface area contributed by atoms with Gasteiger partial charge in [-0.1, -0.05) is 30.3 Å². The average Bonchev–Trinajstić information content (AvgIpc) is 2.70. The fraction of sp³-hybridized carbons (Fsp3) is 0.348. The molecule has 0 N–H and O–H groups in total. The zero-order chi connectivity index (χ0) is 17.3. The number of rotatable bonds is 0. The molecule has 0 unspecified atom stereocenters. The first-order valence-electron chi connectivity index (χ1n) is 9.54. The Balaban J connectivity index is 1.68. The van der Waals surface area contributed by atoms with E-state index in [1.165, 1.54) is 47.8 Å². The highest BCUT2D eigenvalue weighted by Gasteiger charge is 2.21. The molecule has 0 atom stereocenters. The number of pyridine rings is 1. The van der Waals surface area contributed by atoms with Gasteiger partial charge in [0, 0.05) is 23.0 Å². The van der Waals surface area contributed by atoms with Gasteiger partial charge in [-0.05, 0) is 70.8 Å². The van der Waals surface area contributed by atoms with E-state index >= 15 is 0 Å². The molecule has 3 heterocycles. The van der Waals surface area contributed by atoms with Gasteiger partial charge in [-0.15, -0.1) is 0 Å². The minimum absolute atomic E-state index is 1.00. The maximum atomic E-state index is 4.87. The molecule has 3 aliphatic rings. The molecule has 3 aromatic rings. The van der Waals surface area contributed by atoms with Gasteiger partial charge in [0.05, 0.1) is 11.4 Å². The third-order valence-electron chi connectivity index (χ3n) is 5.63. The summed E-state index contributed by atoms with van der Waals surface area (Å²) in [6.45, 7) is 0. The fourth-order valence-corrected chi connectivity index (χ4v) is 6.45. The van der Waals surface area contributed by atoms with E-state index in [0.29, 0.717) is 0 Å². The normalized spacial score (nSPS) is 17.2. The zero-order valence-electron chi connectivity index (χ0n) is 15.0. The van der Waals surface area contributed by atoms with Crippen molar-refractivity contribution in [2.45, 2.75) is 48.7 Å². The Labute approximate surface area is 164 Å². The standard InChI is InChI=1S/C23H23NS2/c1-2-9-19-18(8-1)22-14-25-12-16-6-5-7-17(24-16)13-26-15-23(19)21-11-4-3-10-20(21)22/h1-2,5-9H,3-4,10-15H2. The molecule has 0 fully saturated rings. The number of aromatic nitrogens is 1. The summed E-state index contributed by atoms with van der Waals surface area (Å²) in [6.07, 6.45) is 5.22. The van der Waals surface area contributed by atoms with E-state index in [-0.39, 0.29) is 0 Å². The number of hydrogen-bond donors (Lipinski definition) is 0. The van der Waals surface area contributed by atoms with Crippen molar-refractivity contribution in [1.82, 2.24) is 4.98 Å². The summed E-state index contributed by atoms with van der Waals surface area (Å²) in [5, 5.41) is 2.99. The molecule has 0 radical (unpaired) electrons. The molecule has 2 aliphatic heterocycles. The van der Waals surface area contributed by atoms with Gasteiger partial charge in [0.25, 0.3) is 0 Å². The Hall–Kier alpha value is -1.45. The Morgan fingerprint density at radius 2 is 1.12 bits per heavy atom. The third-order valence-corrected chi connectivity index (χ3v) is 7.62. The number of nitrogens with zero attached hydrogens (tertiary/aromatic N) is 1. The zero-order valence-corrected chi connectivity index (χ0v) is 16.6. The maximum absolute atomic E-state index is 4.87. The van der Waals surface area contributed by atoms with E-state index in [0.717, 1.165) is 23.0 Å². The molecule has 1 nitrogen and oxygen atoms in total. The van der Waals surface area contributed by atoms with Crippen LogP contribution in [0.5, 0.6) is 0 Å². The Morgan fingerprint density at radius 3 is 1.65 bits per heavy atom. The predicted octanol–water partition coefficient (Wildman–Crippen LogP) is 6.29. The van der Waals surface area contributed by atoms with Gasteiger partial charge in [0.1, 0.15) is 0 Å². The van der Waals surface area contributed by atoms with Crippen molar-refractivity contribution in [2.75, 3.05) is 0 Å². The smallest absolute Gasteiger partial charge is 0.0506 e. The topological polar surface area (TPSA) is 12.9 Å². The highest BCUT2D eigenvalue weighted by atomic mass is 32.2. The average molecular weight is 378 g/mol. The van der Waals surface area contributed by atoms with Crippen LogP contribution >= 0.6 is 23.5 Å². The Bertz CT molecular complexity index is 890. The molecule has 2 aromatic carbocycles. The molecule has 0 amide bonds. The summed E-state index contributed by atoms with van der Waals surface area (Å²) in [5.41, 5.74) is 9.00. The van der Waals surface area contributed by atoms with Crippen LogP contribution < -0.4 is 0 Å². The van der Waals surface area contributed by atoms with Crippen LogP contribution in [-0.2, 0) is 35.9 Å². The van der Waals surface area contributed by atoms with E-state index in [9.17, 15) is 0 Å². The first-order valence-corrected chi connectivity index (χ1v) is 11.9. The second-order valence-electron chi connectivity index (χ2n) is 7.27. The van der Waals surface area contributed by atoms with E-state index in [1.807, 2.05) is 23.5 Å². The van der Waals surface area contributed by atoms with Crippen LogP contribution in [-0.4, -0.2) is 4.98 Å². The quantitative estimate of drug-likeness (QED) is 0.457. The largest absolute Gasteiger partial charge is 0.256 e. The second kappa shape index (κ2) is 7.28. The third kappa shape index (κ3) is 3.05. The molecule has 3 heteroatoms. The van der Waals surface area contributed by atoms with Crippen molar-refractivity contribution in [3.8, 4) is 0 Å². The number of benzene rings is 2. The molecule has 0 spiro atoms. The molecule has 4 bridgehead atoms. The maximum Gasteiger partial charge on any atom is 0.0506 e. The summed E-state index contributed by atoms with van der Waals surface area (Å²) in [7, 11) is 0. The fourth-order valence-electron chi connectivity index (χ4n) is 4.44. The second-order valence-corrected chi connectivity index (χ2v) is 9.24. The lowest BCUT2D eigenvalue weighted by molar-refractivity contribution is 0.679. The summed E-state index contributed by atoms with van der Waals surface area (Å²) in [4.78, 5) is 4.87. The van der Waals surface area contributed by atoms with E-state index in [2.05, 4.69) is 42.5 Å². The van der Waals surface area contributed by atoms with Crippen LogP contribution in [0.25, 0.3) is 10.8 Å².